The molecule has 0 spiro atoms. The normalized spacial score (nSPS) is 19.6. The Kier molecular flexibility index (Phi) is 3.52. The second kappa shape index (κ2) is 4.92. The molecule has 1 aliphatic heterocycles. The average molecular weight is 255 g/mol. The first-order valence-corrected chi connectivity index (χ1v) is 6.13. The van der Waals surface area contributed by atoms with E-state index in [1.807, 2.05) is 0 Å². The minimum absolute atomic E-state index is 0.130. The molecule has 1 aromatic heterocycles. The van der Waals surface area contributed by atoms with Crippen LogP contribution in [0, 0.1) is 5.92 Å². The zero-order valence-electron chi connectivity index (χ0n) is 9.69. The van der Waals surface area contributed by atoms with Crippen molar-refractivity contribution in [3.8, 4) is 0 Å². The lowest BCUT2D eigenvalue weighted by molar-refractivity contribution is 0.0696. The van der Waals surface area contributed by atoms with Gasteiger partial charge in [-0.05, 0) is 18.4 Å². The van der Waals surface area contributed by atoms with Crippen LogP contribution in [-0.2, 0) is 0 Å². The average Bonchev–Trinajstić information content (AvgIpc) is 2.77. The van der Waals surface area contributed by atoms with E-state index in [0.717, 1.165) is 25.9 Å². The van der Waals surface area contributed by atoms with Gasteiger partial charge in [-0.15, -0.1) is 0 Å². The minimum atomic E-state index is -1.00. The molecule has 2 heterocycles. The van der Waals surface area contributed by atoms with Crippen LogP contribution in [0.3, 0.4) is 0 Å². The SMILES string of the molecule is CCC1CCN(c2ncc(C(=O)O)cc2Cl)C1. The highest BCUT2D eigenvalue weighted by molar-refractivity contribution is 6.33. The molecule has 1 unspecified atom stereocenters. The Morgan fingerprint density at radius 3 is 3.00 bits per heavy atom. The fourth-order valence-corrected chi connectivity index (χ4v) is 2.42. The fourth-order valence-electron chi connectivity index (χ4n) is 2.14. The summed E-state index contributed by atoms with van der Waals surface area (Å²) in [6.45, 7) is 4.07. The van der Waals surface area contributed by atoms with E-state index < -0.39 is 5.97 Å². The number of rotatable bonds is 3. The largest absolute Gasteiger partial charge is 0.478 e. The number of carboxylic acid groups (broad SMARTS) is 1. The number of hydrogen-bond acceptors (Lipinski definition) is 3. The molecule has 0 saturated carbocycles. The molecule has 92 valence electrons. The van der Waals surface area contributed by atoms with Crippen molar-refractivity contribution in [2.75, 3.05) is 18.0 Å². The van der Waals surface area contributed by atoms with E-state index >= 15 is 0 Å². The van der Waals surface area contributed by atoms with Gasteiger partial charge in [0.25, 0.3) is 0 Å². The summed E-state index contributed by atoms with van der Waals surface area (Å²) < 4.78 is 0. The fraction of sp³-hybridized carbons (Fsp3) is 0.500. The molecule has 0 radical (unpaired) electrons. The Hall–Kier alpha value is -1.29. The molecule has 1 N–H and O–H groups in total. The summed E-state index contributed by atoms with van der Waals surface area (Å²) in [7, 11) is 0. The van der Waals surface area contributed by atoms with Gasteiger partial charge in [0.15, 0.2) is 0 Å². The van der Waals surface area contributed by atoms with Crippen molar-refractivity contribution >= 4 is 23.4 Å². The van der Waals surface area contributed by atoms with Gasteiger partial charge in [-0.1, -0.05) is 24.9 Å². The van der Waals surface area contributed by atoms with Gasteiger partial charge < -0.3 is 10.0 Å². The number of halogens is 1. The molecule has 0 bridgehead atoms. The first-order chi connectivity index (χ1) is 8.11. The van der Waals surface area contributed by atoms with E-state index in [1.165, 1.54) is 12.3 Å². The monoisotopic (exact) mass is 254 g/mol. The maximum absolute atomic E-state index is 10.8. The molecular formula is C12H15ClN2O2. The number of aromatic nitrogens is 1. The number of aromatic carboxylic acids is 1. The Labute approximate surface area is 105 Å². The summed E-state index contributed by atoms with van der Waals surface area (Å²) in [5, 5.41) is 9.25. The van der Waals surface area contributed by atoms with Gasteiger partial charge in [0.1, 0.15) is 5.82 Å². The zero-order chi connectivity index (χ0) is 12.4. The number of carbonyl (C=O) groups is 1. The molecule has 1 aliphatic rings. The van der Waals surface area contributed by atoms with E-state index in [9.17, 15) is 4.79 Å². The van der Waals surface area contributed by atoms with Crippen LogP contribution < -0.4 is 4.90 Å². The molecule has 1 fully saturated rings. The van der Waals surface area contributed by atoms with Crippen molar-refractivity contribution < 1.29 is 9.90 Å². The summed E-state index contributed by atoms with van der Waals surface area (Å²) in [5.41, 5.74) is 0.130. The predicted molar refractivity (Wildman–Crippen MR) is 66.8 cm³/mol. The third-order valence-electron chi connectivity index (χ3n) is 3.23. The minimum Gasteiger partial charge on any atom is -0.478 e. The number of nitrogens with zero attached hydrogens (tertiary/aromatic N) is 2. The molecular weight excluding hydrogens is 240 g/mol. The van der Waals surface area contributed by atoms with Crippen LogP contribution in [0.1, 0.15) is 30.1 Å². The molecule has 1 saturated heterocycles. The van der Waals surface area contributed by atoms with Crippen molar-refractivity contribution in [1.82, 2.24) is 4.98 Å². The summed E-state index contributed by atoms with van der Waals surface area (Å²) in [4.78, 5) is 17.1. The van der Waals surface area contributed by atoms with Crippen LogP contribution in [0.25, 0.3) is 0 Å². The summed E-state index contributed by atoms with van der Waals surface area (Å²) in [6.07, 6.45) is 3.67. The van der Waals surface area contributed by atoms with Crippen LogP contribution in [0.4, 0.5) is 5.82 Å². The summed E-state index contributed by atoms with van der Waals surface area (Å²) in [6, 6.07) is 1.46. The maximum atomic E-state index is 10.8. The Bertz CT molecular complexity index is 437. The van der Waals surface area contributed by atoms with Crippen molar-refractivity contribution in [3.05, 3.63) is 22.8 Å². The highest BCUT2D eigenvalue weighted by Gasteiger charge is 2.24. The van der Waals surface area contributed by atoms with Gasteiger partial charge in [0, 0.05) is 19.3 Å². The lowest BCUT2D eigenvalue weighted by Gasteiger charge is -2.18. The molecule has 1 aromatic rings. The lowest BCUT2D eigenvalue weighted by atomic mass is 10.1. The van der Waals surface area contributed by atoms with Gasteiger partial charge in [0.05, 0.1) is 10.6 Å². The van der Waals surface area contributed by atoms with Gasteiger partial charge >= 0.3 is 5.97 Å². The number of pyridine rings is 1. The highest BCUT2D eigenvalue weighted by atomic mass is 35.5. The molecule has 0 amide bonds. The number of carboxylic acids is 1. The van der Waals surface area contributed by atoms with Gasteiger partial charge in [-0.3, -0.25) is 0 Å². The number of anilines is 1. The summed E-state index contributed by atoms with van der Waals surface area (Å²) >= 11 is 6.08. The van der Waals surface area contributed by atoms with Crippen LogP contribution >= 0.6 is 11.6 Å². The predicted octanol–water partition coefficient (Wildman–Crippen LogP) is 2.67. The molecule has 5 heteroatoms. The quantitative estimate of drug-likeness (QED) is 0.901. The van der Waals surface area contributed by atoms with Crippen LogP contribution in [0.15, 0.2) is 12.3 Å². The van der Waals surface area contributed by atoms with E-state index in [1.54, 1.807) is 0 Å². The molecule has 0 aromatic carbocycles. The molecule has 4 nitrogen and oxygen atoms in total. The lowest BCUT2D eigenvalue weighted by Crippen LogP contribution is -2.21. The van der Waals surface area contributed by atoms with Gasteiger partial charge in [0.2, 0.25) is 0 Å². The van der Waals surface area contributed by atoms with Crippen molar-refractivity contribution in [2.45, 2.75) is 19.8 Å². The van der Waals surface area contributed by atoms with Crippen LogP contribution in [0.5, 0.6) is 0 Å². The Morgan fingerprint density at radius 2 is 2.47 bits per heavy atom. The third kappa shape index (κ3) is 2.52. The van der Waals surface area contributed by atoms with Crippen LogP contribution in [-0.4, -0.2) is 29.1 Å². The summed E-state index contributed by atoms with van der Waals surface area (Å²) in [5.74, 6) is 0.387. The van der Waals surface area contributed by atoms with Crippen molar-refractivity contribution in [2.24, 2.45) is 5.92 Å². The molecule has 17 heavy (non-hydrogen) atoms. The van der Waals surface area contributed by atoms with E-state index in [-0.39, 0.29) is 5.56 Å². The molecule has 2 rings (SSSR count). The standard InChI is InChI=1S/C12H15ClN2O2/c1-2-8-3-4-15(7-8)11-10(13)5-9(6-14-11)12(16)17/h5-6,8H,2-4,7H2,1H3,(H,16,17). The second-order valence-electron chi connectivity index (χ2n) is 4.34. The Balaban J connectivity index is 2.20. The van der Waals surface area contributed by atoms with E-state index in [2.05, 4.69) is 16.8 Å². The first kappa shape index (κ1) is 12.2. The maximum Gasteiger partial charge on any atom is 0.337 e. The van der Waals surface area contributed by atoms with Crippen molar-refractivity contribution in [1.29, 1.82) is 0 Å². The van der Waals surface area contributed by atoms with Crippen LogP contribution in [0.2, 0.25) is 5.02 Å². The third-order valence-corrected chi connectivity index (χ3v) is 3.51. The topological polar surface area (TPSA) is 53.4 Å². The second-order valence-corrected chi connectivity index (χ2v) is 4.75. The molecule has 0 aliphatic carbocycles. The number of hydrogen-bond donors (Lipinski definition) is 1. The Morgan fingerprint density at radius 1 is 1.71 bits per heavy atom. The van der Waals surface area contributed by atoms with Gasteiger partial charge in [-0.25, -0.2) is 9.78 Å². The van der Waals surface area contributed by atoms with Crippen molar-refractivity contribution in [3.63, 3.8) is 0 Å². The smallest absolute Gasteiger partial charge is 0.337 e. The van der Waals surface area contributed by atoms with E-state index in [0.29, 0.717) is 16.8 Å². The van der Waals surface area contributed by atoms with E-state index in [4.69, 9.17) is 16.7 Å². The zero-order valence-corrected chi connectivity index (χ0v) is 10.4. The van der Waals surface area contributed by atoms with Gasteiger partial charge in [-0.2, -0.15) is 0 Å². The highest BCUT2D eigenvalue weighted by Crippen LogP contribution is 2.29. The first-order valence-electron chi connectivity index (χ1n) is 5.75. The molecule has 1 atom stereocenters.